The number of benzene rings is 1. The first kappa shape index (κ1) is 23.7. The number of anilines is 1. The lowest BCUT2D eigenvalue weighted by Crippen LogP contribution is -2.63. The van der Waals surface area contributed by atoms with Gasteiger partial charge in [0.05, 0.1) is 6.61 Å². The number of amides is 2. The van der Waals surface area contributed by atoms with Gasteiger partial charge in [-0.2, -0.15) is 0 Å². The van der Waals surface area contributed by atoms with Crippen LogP contribution < -0.4 is 5.32 Å². The van der Waals surface area contributed by atoms with Crippen molar-refractivity contribution in [2.45, 2.75) is 84.6 Å². The minimum atomic E-state index is -0.384. The Balaban J connectivity index is 1.41. The molecule has 0 radical (unpaired) electrons. The molecule has 3 saturated carbocycles. The zero-order chi connectivity index (χ0) is 24.3. The first-order valence-corrected chi connectivity index (χ1v) is 13.5. The number of rotatable bonds is 3. The summed E-state index contributed by atoms with van der Waals surface area (Å²) in [6.45, 7) is 9.72. The van der Waals surface area contributed by atoms with Crippen molar-refractivity contribution in [2.75, 3.05) is 19.0 Å². The lowest BCUT2D eigenvalue weighted by Gasteiger charge is -2.63. The van der Waals surface area contributed by atoms with Crippen molar-refractivity contribution in [3.63, 3.8) is 0 Å². The third-order valence-electron chi connectivity index (χ3n) is 10.7. The minimum absolute atomic E-state index is 0.253. The highest BCUT2D eigenvalue weighted by Crippen LogP contribution is 2.69. The van der Waals surface area contributed by atoms with Crippen LogP contribution in [-0.4, -0.2) is 36.6 Å². The van der Waals surface area contributed by atoms with E-state index in [0.29, 0.717) is 42.7 Å². The van der Waals surface area contributed by atoms with Gasteiger partial charge in [0.1, 0.15) is 0 Å². The van der Waals surface area contributed by atoms with Crippen LogP contribution in [0.5, 0.6) is 0 Å². The highest BCUT2D eigenvalue weighted by atomic mass is 16.5. The Morgan fingerprint density at radius 1 is 1.15 bits per heavy atom. The van der Waals surface area contributed by atoms with Crippen LogP contribution in [0.15, 0.2) is 24.3 Å². The average Bonchev–Trinajstić information content (AvgIpc) is 3.15. The average molecular weight is 467 g/mol. The first-order valence-electron chi connectivity index (χ1n) is 13.5. The van der Waals surface area contributed by atoms with Gasteiger partial charge < -0.3 is 9.64 Å². The zero-order valence-corrected chi connectivity index (χ0v) is 21.6. The summed E-state index contributed by atoms with van der Waals surface area (Å²) in [5.74, 6) is 3.70. The molecule has 3 unspecified atom stereocenters. The topological polar surface area (TPSA) is 58.6 Å². The summed E-state index contributed by atoms with van der Waals surface area (Å²) < 4.78 is 5.08. The number of piperidine rings is 1. The van der Waals surface area contributed by atoms with E-state index in [4.69, 9.17) is 4.74 Å². The van der Waals surface area contributed by atoms with E-state index in [1.54, 1.807) is 0 Å². The number of carbonyl (C=O) groups is 2. The van der Waals surface area contributed by atoms with Crippen LogP contribution in [-0.2, 0) is 9.53 Å². The van der Waals surface area contributed by atoms with Gasteiger partial charge in [0.15, 0.2) is 0 Å². The van der Waals surface area contributed by atoms with Crippen molar-refractivity contribution in [2.24, 2.45) is 34.5 Å². The normalized spacial score (nSPS) is 41.3. The second-order valence-corrected chi connectivity index (χ2v) is 12.2. The fourth-order valence-electron chi connectivity index (χ4n) is 9.13. The summed E-state index contributed by atoms with van der Waals surface area (Å²) in [5, 5.41) is 2.89. The summed E-state index contributed by atoms with van der Waals surface area (Å²) in [5.41, 5.74) is 2.72. The summed E-state index contributed by atoms with van der Waals surface area (Å²) in [4.78, 5) is 26.6. The van der Waals surface area contributed by atoms with E-state index in [1.165, 1.54) is 31.2 Å². The van der Waals surface area contributed by atoms with Gasteiger partial charge in [-0.15, -0.1) is 0 Å². The molecule has 0 spiro atoms. The van der Waals surface area contributed by atoms with E-state index in [2.05, 4.69) is 49.2 Å². The molecule has 1 saturated heterocycles. The number of likely N-dealkylation sites (tertiary alicyclic amines) is 1. The number of nitrogens with zero attached hydrogens (tertiary/aromatic N) is 1. The molecule has 5 nitrogen and oxygen atoms in total. The van der Waals surface area contributed by atoms with Crippen molar-refractivity contribution in [1.29, 1.82) is 0 Å². The monoisotopic (exact) mass is 466 g/mol. The van der Waals surface area contributed by atoms with E-state index in [1.807, 2.05) is 20.0 Å². The largest absolute Gasteiger partial charge is 0.450 e. The molecule has 186 valence electrons. The molecule has 1 aromatic rings. The Kier molecular flexibility index (Phi) is 5.97. The number of ether oxygens (including phenoxy) is 1. The van der Waals surface area contributed by atoms with Gasteiger partial charge >= 0.3 is 6.09 Å². The standard InChI is InChI=1S/C29H42N2O3/c1-6-34-27(33)30-20-9-7-8-19(17-20)21-10-11-22-26-18(2)16-24-29(4,15-13-25(32)31(24)5)23(26)12-14-28(21,22)3/h7-9,17-18,21-24,26H,6,10-16H2,1-5H3,(H,30,33)/t18?,21?,22-,23+,24?,26-,28+,29+/m0/s1. The van der Waals surface area contributed by atoms with Gasteiger partial charge in [0, 0.05) is 25.2 Å². The predicted octanol–water partition coefficient (Wildman–Crippen LogP) is 6.45. The summed E-state index contributed by atoms with van der Waals surface area (Å²) in [6.07, 6.45) is 7.58. The molecule has 34 heavy (non-hydrogen) atoms. The Morgan fingerprint density at radius 3 is 2.68 bits per heavy atom. The van der Waals surface area contributed by atoms with E-state index in [-0.39, 0.29) is 16.9 Å². The van der Waals surface area contributed by atoms with Crippen molar-refractivity contribution in [3.8, 4) is 0 Å². The third-order valence-corrected chi connectivity index (χ3v) is 10.7. The van der Waals surface area contributed by atoms with Gasteiger partial charge in [0.25, 0.3) is 0 Å². The molecule has 1 N–H and O–H groups in total. The van der Waals surface area contributed by atoms with Crippen molar-refractivity contribution in [1.82, 2.24) is 4.90 Å². The van der Waals surface area contributed by atoms with Crippen molar-refractivity contribution < 1.29 is 14.3 Å². The fraction of sp³-hybridized carbons (Fsp3) is 0.724. The second-order valence-electron chi connectivity index (χ2n) is 12.2. The molecule has 5 heteroatoms. The number of hydrogen-bond donors (Lipinski definition) is 1. The summed E-state index contributed by atoms with van der Waals surface area (Å²) in [7, 11) is 2.05. The van der Waals surface area contributed by atoms with E-state index in [9.17, 15) is 9.59 Å². The molecule has 0 aromatic heterocycles. The van der Waals surface area contributed by atoms with Gasteiger partial charge in [-0.25, -0.2) is 4.79 Å². The Bertz CT molecular complexity index is 962. The maximum Gasteiger partial charge on any atom is 0.411 e. The van der Waals surface area contributed by atoms with E-state index in [0.717, 1.165) is 30.4 Å². The molecule has 8 atom stereocenters. The van der Waals surface area contributed by atoms with Crippen LogP contribution in [0.3, 0.4) is 0 Å². The Morgan fingerprint density at radius 2 is 1.91 bits per heavy atom. The van der Waals surface area contributed by atoms with E-state index >= 15 is 0 Å². The molecule has 5 rings (SSSR count). The molecule has 1 heterocycles. The van der Waals surface area contributed by atoms with Crippen molar-refractivity contribution in [3.05, 3.63) is 29.8 Å². The number of fused-ring (bicyclic) bond motifs is 5. The zero-order valence-electron chi connectivity index (χ0n) is 21.6. The van der Waals surface area contributed by atoms with E-state index < -0.39 is 0 Å². The summed E-state index contributed by atoms with van der Waals surface area (Å²) in [6, 6.07) is 8.85. The molecule has 4 aliphatic rings. The SMILES string of the molecule is CCOC(=O)Nc1cccc(C2CC[C@H]3[C@@H]4C(C)CC5N(C)C(=O)CC[C@]5(C)[C@@H]4CC[C@]23C)c1. The van der Waals surface area contributed by atoms with Crippen LogP contribution >= 0.6 is 0 Å². The third kappa shape index (κ3) is 3.56. The Labute approximate surface area is 205 Å². The van der Waals surface area contributed by atoms with Crippen LogP contribution in [0.2, 0.25) is 0 Å². The molecule has 3 aliphatic carbocycles. The van der Waals surface area contributed by atoms with Gasteiger partial charge in [-0.3, -0.25) is 10.1 Å². The number of nitrogens with one attached hydrogen (secondary N) is 1. The molecule has 0 bridgehead atoms. The lowest BCUT2D eigenvalue weighted by atomic mass is 9.44. The molecule has 1 aromatic carbocycles. The fourth-order valence-corrected chi connectivity index (χ4v) is 9.13. The molecule has 1 aliphatic heterocycles. The van der Waals surface area contributed by atoms with Crippen LogP contribution in [0.4, 0.5) is 10.5 Å². The lowest BCUT2D eigenvalue weighted by molar-refractivity contribution is -0.165. The van der Waals surface area contributed by atoms with Gasteiger partial charge in [-0.1, -0.05) is 32.9 Å². The molecule has 2 amide bonds. The van der Waals surface area contributed by atoms with Crippen LogP contribution in [0.1, 0.15) is 84.1 Å². The molecular weight excluding hydrogens is 424 g/mol. The van der Waals surface area contributed by atoms with Crippen LogP contribution in [0.25, 0.3) is 0 Å². The maximum atomic E-state index is 12.5. The highest BCUT2D eigenvalue weighted by molar-refractivity contribution is 5.84. The summed E-state index contributed by atoms with van der Waals surface area (Å²) >= 11 is 0. The minimum Gasteiger partial charge on any atom is -0.450 e. The number of hydrogen-bond acceptors (Lipinski definition) is 3. The van der Waals surface area contributed by atoms with Crippen molar-refractivity contribution >= 4 is 17.7 Å². The number of carbonyl (C=O) groups excluding carboxylic acids is 2. The van der Waals surface area contributed by atoms with Crippen LogP contribution in [0, 0.1) is 34.5 Å². The quantitative estimate of drug-likeness (QED) is 0.557. The molecule has 4 fully saturated rings. The maximum absolute atomic E-state index is 12.5. The smallest absolute Gasteiger partial charge is 0.411 e. The first-order chi connectivity index (χ1) is 16.2. The van der Waals surface area contributed by atoms with Gasteiger partial charge in [-0.05, 0) is 104 Å². The molecular formula is C29H42N2O3. The van der Waals surface area contributed by atoms with Gasteiger partial charge in [0.2, 0.25) is 5.91 Å². The second kappa shape index (κ2) is 8.57. The predicted molar refractivity (Wildman–Crippen MR) is 135 cm³/mol. The Hall–Kier alpha value is -2.04. The highest BCUT2D eigenvalue weighted by Gasteiger charge is 2.62.